The van der Waals surface area contributed by atoms with Gasteiger partial charge in [0.2, 0.25) is 5.95 Å². The van der Waals surface area contributed by atoms with Gasteiger partial charge in [0.15, 0.2) is 26.9 Å². The first kappa shape index (κ1) is 32.4. The highest BCUT2D eigenvalue weighted by atomic mass is 32.2. The molecule has 45 heavy (non-hydrogen) atoms. The summed E-state index contributed by atoms with van der Waals surface area (Å²) in [5.41, 5.74) is 5.09. The van der Waals surface area contributed by atoms with Crippen molar-refractivity contribution < 1.29 is 54.0 Å². The number of fused-ring (bicyclic) bond motifs is 1. The molecular weight excluding hydrogens is 640 g/mol. The average molecular weight is 658 g/mol. The van der Waals surface area contributed by atoms with Crippen LogP contribution in [0.2, 0.25) is 0 Å². The van der Waals surface area contributed by atoms with E-state index in [9.17, 15) is 39.6 Å². The minimum atomic E-state index is -5.08. The first-order chi connectivity index (χ1) is 20.9. The highest BCUT2D eigenvalue weighted by molar-refractivity contribution is 7.90. The molecule has 0 fully saturated rings. The molecule has 0 aliphatic heterocycles. The van der Waals surface area contributed by atoms with Gasteiger partial charge in [-0.1, -0.05) is 23.4 Å². The molecule has 0 aliphatic rings. The normalized spacial score (nSPS) is 12.0. The molecule has 5 aromatic rings. The minimum Gasteiger partial charge on any atom is -0.475 e. The molecular formula is C25H17F6N7O6S. The number of alkyl halides is 6. The Morgan fingerprint density at radius 2 is 1.62 bits per heavy atom. The second-order valence-electron chi connectivity index (χ2n) is 8.89. The number of nitrogens with zero attached hydrogens (tertiary/aromatic N) is 5. The maximum absolute atomic E-state index is 13.5. The number of carboxylic acid groups (broad SMARTS) is 1. The van der Waals surface area contributed by atoms with Gasteiger partial charge < -0.3 is 15.4 Å². The molecule has 5 rings (SSSR count). The summed E-state index contributed by atoms with van der Waals surface area (Å²) in [6.45, 7) is 0. The molecule has 0 unspecified atom stereocenters. The molecule has 0 atom stereocenters. The number of amides is 1. The summed E-state index contributed by atoms with van der Waals surface area (Å²) in [5, 5.41) is 17.0. The molecule has 2 aromatic carbocycles. The van der Waals surface area contributed by atoms with Crippen LogP contribution in [0.5, 0.6) is 0 Å². The largest absolute Gasteiger partial charge is 0.490 e. The van der Waals surface area contributed by atoms with Crippen molar-refractivity contribution in [2.24, 2.45) is 0 Å². The van der Waals surface area contributed by atoms with E-state index in [2.05, 4.69) is 25.5 Å². The number of nitrogen functional groups attached to an aromatic ring is 1. The van der Waals surface area contributed by atoms with Gasteiger partial charge in [0.05, 0.1) is 16.0 Å². The molecule has 4 N–H and O–H groups in total. The van der Waals surface area contributed by atoms with E-state index in [0.29, 0.717) is 28.2 Å². The van der Waals surface area contributed by atoms with Crippen LogP contribution in [0.15, 0.2) is 70.3 Å². The van der Waals surface area contributed by atoms with Gasteiger partial charge in [-0.2, -0.15) is 31.4 Å². The molecule has 1 amide bonds. The van der Waals surface area contributed by atoms with E-state index < -0.39 is 45.5 Å². The fourth-order valence-corrected chi connectivity index (χ4v) is 4.59. The molecule has 0 saturated carbocycles. The zero-order valence-electron chi connectivity index (χ0n) is 22.3. The molecule has 13 nitrogen and oxygen atoms in total. The summed E-state index contributed by atoms with van der Waals surface area (Å²) in [6, 6.07) is 11.0. The van der Waals surface area contributed by atoms with E-state index in [1.165, 1.54) is 36.7 Å². The molecule has 0 aliphatic carbocycles. The topological polar surface area (TPSA) is 196 Å². The highest BCUT2D eigenvalue weighted by Crippen LogP contribution is 2.31. The summed E-state index contributed by atoms with van der Waals surface area (Å²) in [7, 11) is -3.55. The van der Waals surface area contributed by atoms with E-state index in [4.69, 9.17) is 20.2 Å². The lowest BCUT2D eigenvalue weighted by Gasteiger charge is -2.09. The van der Waals surface area contributed by atoms with Crippen LogP contribution in [0.3, 0.4) is 0 Å². The molecule has 3 heterocycles. The molecule has 3 aromatic heterocycles. The first-order valence-electron chi connectivity index (χ1n) is 11.9. The van der Waals surface area contributed by atoms with Gasteiger partial charge in [0.25, 0.3) is 5.91 Å². The lowest BCUT2D eigenvalue weighted by Crippen LogP contribution is -2.21. The summed E-state index contributed by atoms with van der Waals surface area (Å²) in [6.07, 6.45) is -6.28. The van der Waals surface area contributed by atoms with Crippen LogP contribution in [0.1, 0.15) is 16.2 Å². The monoisotopic (exact) mass is 657 g/mol. The number of anilines is 2. The van der Waals surface area contributed by atoms with Crippen LogP contribution in [0, 0.1) is 0 Å². The van der Waals surface area contributed by atoms with Gasteiger partial charge in [-0.05, 0) is 24.3 Å². The van der Waals surface area contributed by atoms with Gasteiger partial charge in [-0.15, -0.1) is 0 Å². The Balaban J connectivity index is 0.000000591. The second kappa shape index (κ2) is 11.9. The fourth-order valence-electron chi connectivity index (χ4n) is 3.68. The van der Waals surface area contributed by atoms with Gasteiger partial charge in [0.1, 0.15) is 5.69 Å². The van der Waals surface area contributed by atoms with Crippen molar-refractivity contribution in [1.82, 2.24) is 24.9 Å². The van der Waals surface area contributed by atoms with Crippen LogP contribution < -0.4 is 11.1 Å². The van der Waals surface area contributed by atoms with E-state index in [0.717, 1.165) is 10.9 Å². The third kappa shape index (κ3) is 7.34. The maximum atomic E-state index is 13.5. The number of hydrogen-bond acceptors (Lipinski definition) is 10. The van der Waals surface area contributed by atoms with E-state index in [1.807, 2.05) is 0 Å². The number of hydrogen-bond donors (Lipinski definition) is 3. The lowest BCUT2D eigenvalue weighted by atomic mass is 10.1. The SMILES string of the molecule is CS(=O)(=O)c1ccccc1-c1cnc(NC(=O)c2cc(C(F)(F)F)nn2-c2ccc3onc(N)c3c2)nc1.O=C(O)C(F)(F)F. The number of carbonyl (C=O) groups is 2. The lowest BCUT2D eigenvalue weighted by molar-refractivity contribution is -0.192. The zero-order valence-corrected chi connectivity index (χ0v) is 23.1. The van der Waals surface area contributed by atoms with Crippen molar-refractivity contribution in [2.45, 2.75) is 17.2 Å². The first-order valence-corrected chi connectivity index (χ1v) is 13.8. The number of benzene rings is 2. The zero-order chi connectivity index (χ0) is 33.3. The molecule has 0 spiro atoms. The Kier molecular flexibility index (Phi) is 8.54. The van der Waals surface area contributed by atoms with Crippen molar-refractivity contribution in [3.05, 3.63) is 72.3 Å². The Labute approximate surface area is 247 Å². The standard InChI is InChI=1S/C23H16F3N7O4S.C2HF3O2/c1-38(35,36)18-5-3-2-4-14(18)12-10-28-22(29-11-12)30-21(34)16-9-19(23(24,25)26)31-33(16)13-6-7-17-15(8-13)20(27)32-37-17;3-2(4,5)1(6)7/h2-11H,1H3,(H2,27,32)(H,28,29,30,34);(H,6,7). The Morgan fingerprint density at radius 3 is 2.20 bits per heavy atom. The number of aromatic nitrogens is 5. The summed E-state index contributed by atoms with van der Waals surface area (Å²) in [4.78, 5) is 30.0. The number of sulfone groups is 1. The highest BCUT2D eigenvalue weighted by Gasteiger charge is 2.38. The number of halogens is 6. The predicted octanol–water partition coefficient (Wildman–Crippen LogP) is 4.36. The molecule has 20 heteroatoms. The van der Waals surface area contributed by atoms with E-state index in [-0.39, 0.29) is 22.3 Å². The van der Waals surface area contributed by atoms with Crippen LogP contribution in [0.4, 0.5) is 38.1 Å². The third-order valence-electron chi connectivity index (χ3n) is 5.68. The summed E-state index contributed by atoms with van der Waals surface area (Å²) >= 11 is 0. The third-order valence-corrected chi connectivity index (χ3v) is 6.83. The molecule has 0 saturated heterocycles. The average Bonchev–Trinajstić information content (AvgIpc) is 3.57. The number of rotatable bonds is 5. The quantitative estimate of drug-likeness (QED) is 0.227. The van der Waals surface area contributed by atoms with Crippen LogP contribution in [0.25, 0.3) is 27.8 Å². The molecule has 0 bridgehead atoms. The maximum Gasteiger partial charge on any atom is 0.490 e. The number of nitrogens with two attached hydrogens (primary N) is 1. The van der Waals surface area contributed by atoms with Crippen molar-refractivity contribution in [3.8, 4) is 16.8 Å². The fraction of sp³-hybridized carbons (Fsp3) is 0.120. The molecule has 0 radical (unpaired) electrons. The van der Waals surface area contributed by atoms with E-state index >= 15 is 0 Å². The Bertz CT molecular complexity index is 2010. The molecule has 236 valence electrons. The number of aliphatic carboxylic acids is 1. The number of carboxylic acids is 1. The van der Waals surface area contributed by atoms with Crippen molar-refractivity contribution in [2.75, 3.05) is 17.3 Å². The summed E-state index contributed by atoms with van der Waals surface area (Å²) < 4.78 is 102. The Morgan fingerprint density at radius 1 is 1.00 bits per heavy atom. The summed E-state index contributed by atoms with van der Waals surface area (Å²) in [5.74, 6) is -3.94. The van der Waals surface area contributed by atoms with Crippen LogP contribution in [-0.4, -0.2) is 62.7 Å². The predicted molar refractivity (Wildman–Crippen MR) is 143 cm³/mol. The number of nitrogens with one attached hydrogen (secondary N) is 1. The smallest absolute Gasteiger partial charge is 0.475 e. The second-order valence-corrected chi connectivity index (χ2v) is 10.9. The van der Waals surface area contributed by atoms with Gasteiger partial charge in [0, 0.05) is 35.8 Å². The van der Waals surface area contributed by atoms with Crippen LogP contribution in [-0.2, 0) is 20.8 Å². The van der Waals surface area contributed by atoms with Crippen LogP contribution >= 0.6 is 0 Å². The van der Waals surface area contributed by atoms with Crippen molar-refractivity contribution in [3.63, 3.8) is 0 Å². The van der Waals surface area contributed by atoms with Gasteiger partial charge >= 0.3 is 18.3 Å². The van der Waals surface area contributed by atoms with Gasteiger partial charge in [-0.3, -0.25) is 10.1 Å². The Hall–Kier alpha value is -5.53. The van der Waals surface area contributed by atoms with Gasteiger partial charge in [-0.25, -0.2) is 27.9 Å². The van der Waals surface area contributed by atoms with Crippen molar-refractivity contribution in [1.29, 1.82) is 0 Å². The van der Waals surface area contributed by atoms with E-state index in [1.54, 1.807) is 18.2 Å². The number of carbonyl (C=O) groups excluding carboxylic acids is 1. The minimum absolute atomic E-state index is 0.0157. The van der Waals surface area contributed by atoms with Crippen molar-refractivity contribution >= 4 is 44.4 Å².